The second-order valence-corrected chi connectivity index (χ2v) is 6.13. The molecule has 1 aromatic heterocycles. The molecule has 0 aliphatic carbocycles. The molecule has 0 bridgehead atoms. The van der Waals surface area contributed by atoms with Crippen molar-refractivity contribution in [2.24, 2.45) is 5.92 Å². The monoisotopic (exact) mass is 413 g/mol. The molecule has 0 N–H and O–H groups in total. The van der Waals surface area contributed by atoms with Crippen LogP contribution in [0.2, 0.25) is 0 Å². The van der Waals surface area contributed by atoms with E-state index in [1.54, 1.807) is 13.8 Å². The number of alkyl halides is 7. The van der Waals surface area contributed by atoms with E-state index in [9.17, 15) is 35.5 Å². The van der Waals surface area contributed by atoms with Crippen LogP contribution in [0.3, 0.4) is 0 Å². The van der Waals surface area contributed by atoms with E-state index in [1.165, 1.54) is 0 Å². The zero-order valence-corrected chi connectivity index (χ0v) is 14.3. The molecular formula is C13H14F7NO4S. The molecule has 1 rings (SSSR count). The van der Waals surface area contributed by atoms with Gasteiger partial charge in [-0.2, -0.15) is 17.6 Å². The summed E-state index contributed by atoms with van der Waals surface area (Å²) in [7, 11) is 1.11. The summed E-state index contributed by atoms with van der Waals surface area (Å²) in [5.74, 6) is -14.3. The molecule has 1 heterocycles. The number of carbonyl (C=O) groups is 1. The number of hydrogen-bond acceptors (Lipinski definition) is 6. The molecule has 1 aromatic rings. The van der Waals surface area contributed by atoms with Gasteiger partial charge in [0.2, 0.25) is 0 Å². The van der Waals surface area contributed by atoms with Crippen LogP contribution >= 0.6 is 12.0 Å². The van der Waals surface area contributed by atoms with E-state index in [1.807, 2.05) is 0 Å². The average molecular weight is 413 g/mol. The summed E-state index contributed by atoms with van der Waals surface area (Å²) in [5, 5.41) is 3.21. The normalized spacial score (nSPS) is 15.2. The van der Waals surface area contributed by atoms with Crippen molar-refractivity contribution in [3.63, 3.8) is 0 Å². The summed E-state index contributed by atoms with van der Waals surface area (Å²) in [6, 6.07) is 0.935. The van der Waals surface area contributed by atoms with E-state index >= 15 is 0 Å². The van der Waals surface area contributed by atoms with Gasteiger partial charge in [-0.05, 0) is 11.1 Å². The fourth-order valence-corrected chi connectivity index (χ4v) is 2.29. The lowest BCUT2D eigenvalue weighted by molar-refractivity contribution is -0.273. The maximum absolute atomic E-state index is 13.3. The van der Waals surface area contributed by atoms with E-state index in [0.717, 1.165) is 13.2 Å². The number of rotatable bonds is 9. The summed E-state index contributed by atoms with van der Waals surface area (Å²) in [6.45, 7) is 3.26. The minimum Gasteiger partial charge on any atom is -0.468 e. The average Bonchev–Trinajstić information content (AvgIpc) is 2.99. The Hall–Kier alpha value is -1.66. The Bertz CT molecular complexity index is 611. The molecule has 0 aromatic carbocycles. The van der Waals surface area contributed by atoms with Gasteiger partial charge >= 0.3 is 24.2 Å². The summed E-state index contributed by atoms with van der Waals surface area (Å²) < 4.78 is 103. The Morgan fingerprint density at radius 1 is 1.19 bits per heavy atom. The lowest BCUT2D eigenvalue weighted by atomic mass is 9.93. The molecule has 5 nitrogen and oxygen atoms in total. The Morgan fingerprint density at radius 3 is 2.23 bits per heavy atom. The highest BCUT2D eigenvalue weighted by Gasteiger charge is 2.68. The third-order valence-corrected chi connectivity index (χ3v) is 3.89. The van der Waals surface area contributed by atoms with E-state index in [-0.39, 0.29) is 11.7 Å². The van der Waals surface area contributed by atoms with Crippen molar-refractivity contribution in [3.8, 4) is 5.88 Å². The van der Waals surface area contributed by atoms with Gasteiger partial charge in [0.05, 0.1) is 7.11 Å². The highest BCUT2D eigenvalue weighted by molar-refractivity contribution is 7.95. The zero-order valence-electron chi connectivity index (χ0n) is 13.5. The molecule has 0 fully saturated rings. The van der Waals surface area contributed by atoms with Crippen molar-refractivity contribution >= 4 is 18.0 Å². The molecular weight excluding hydrogens is 399 g/mol. The predicted molar refractivity (Wildman–Crippen MR) is 75.1 cm³/mol. The Kier molecular flexibility index (Phi) is 7.19. The first-order valence-electron chi connectivity index (χ1n) is 6.91. The van der Waals surface area contributed by atoms with Crippen LogP contribution in [0, 0.1) is 5.92 Å². The van der Waals surface area contributed by atoms with Crippen LogP contribution in [0.5, 0.6) is 5.88 Å². The molecule has 0 amide bonds. The second-order valence-electron chi connectivity index (χ2n) is 5.35. The van der Waals surface area contributed by atoms with Gasteiger partial charge in [0.1, 0.15) is 18.0 Å². The molecule has 2 atom stereocenters. The molecule has 0 radical (unpaired) electrons. The van der Waals surface area contributed by atoms with E-state index in [4.69, 9.17) is 4.52 Å². The lowest BCUT2D eigenvalue weighted by Gasteiger charge is -2.27. The van der Waals surface area contributed by atoms with Gasteiger partial charge < -0.3 is 13.4 Å². The lowest BCUT2D eigenvalue weighted by Crippen LogP contribution is -2.51. The number of esters is 1. The fraction of sp³-hybridized carbons (Fsp3) is 0.692. The molecule has 26 heavy (non-hydrogen) atoms. The minimum atomic E-state index is -5.90. The number of halogens is 7. The fourth-order valence-electron chi connectivity index (χ4n) is 1.75. The SMILES string of the molecule is COC(=O)C(c1cc(OSC(F)C(F)(F)C(F)(F)C(F)F)no1)C(C)C. The van der Waals surface area contributed by atoms with Gasteiger partial charge in [-0.1, -0.05) is 13.8 Å². The summed E-state index contributed by atoms with van der Waals surface area (Å²) >= 11 is -0.840. The van der Waals surface area contributed by atoms with Gasteiger partial charge in [0, 0.05) is 6.07 Å². The van der Waals surface area contributed by atoms with Crippen LogP contribution in [-0.2, 0) is 9.53 Å². The topological polar surface area (TPSA) is 61.6 Å². The highest BCUT2D eigenvalue weighted by Crippen LogP contribution is 2.46. The van der Waals surface area contributed by atoms with Gasteiger partial charge in [0.15, 0.2) is 5.76 Å². The quantitative estimate of drug-likeness (QED) is 0.339. The molecule has 13 heteroatoms. The Labute approximate surface area is 147 Å². The number of nitrogens with zero attached hydrogens (tertiary/aromatic N) is 1. The van der Waals surface area contributed by atoms with Gasteiger partial charge in [-0.3, -0.25) is 4.79 Å². The first-order valence-corrected chi connectivity index (χ1v) is 7.72. The highest BCUT2D eigenvalue weighted by atomic mass is 32.2. The van der Waals surface area contributed by atoms with Crippen LogP contribution in [0.15, 0.2) is 10.6 Å². The molecule has 0 aliphatic rings. The number of ether oxygens (including phenoxy) is 1. The first kappa shape index (κ1) is 22.4. The largest absolute Gasteiger partial charge is 0.468 e. The van der Waals surface area contributed by atoms with Crippen LogP contribution in [0.4, 0.5) is 30.7 Å². The van der Waals surface area contributed by atoms with E-state index in [0.29, 0.717) is 0 Å². The summed E-state index contributed by atoms with van der Waals surface area (Å²) in [4.78, 5) is 11.7. The van der Waals surface area contributed by atoms with Crippen molar-refractivity contribution in [2.75, 3.05) is 7.11 Å². The van der Waals surface area contributed by atoms with Crippen molar-refractivity contribution in [2.45, 2.75) is 43.5 Å². The summed E-state index contributed by atoms with van der Waals surface area (Å²) in [6.07, 6.45) is -4.78. The number of methoxy groups -OCH3 is 1. The van der Waals surface area contributed by atoms with Crippen molar-refractivity contribution in [1.29, 1.82) is 0 Å². The predicted octanol–water partition coefficient (Wildman–Crippen LogP) is 4.45. The molecule has 0 saturated carbocycles. The summed E-state index contributed by atoms with van der Waals surface area (Å²) in [5.41, 5.74) is -3.83. The van der Waals surface area contributed by atoms with E-state index in [2.05, 4.69) is 14.1 Å². The first-order chi connectivity index (χ1) is 11.9. The number of hydrogen-bond donors (Lipinski definition) is 0. The van der Waals surface area contributed by atoms with Crippen molar-refractivity contribution in [3.05, 3.63) is 11.8 Å². The van der Waals surface area contributed by atoms with Gasteiger partial charge in [-0.25, -0.2) is 13.2 Å². The number of carbonyl (C=O) groups excluding carboxylic acids is 1. The maximum atomic E-state index is 13.3. The van der Waals surface area contributed by atoms with Gasteiger partial charge in [-0.15, -0.1) is 0 Å². The van der Waals surface area contributed by atoms with Crippen LogP contribution < -0.4 is 4.18 Å². The third-order valence-electron chi connectivity index (χ3n) is 3.16. The minimum absolute atomic E-state index is 0.109. The zero-order chi connectivity index (χ0) is 20.3. The van der Waals surface area contributed by atoms with Crippen molar-refractivity contribution < 1.29 is 49.0 Å². The third kappa shape index (κ3) is 4.54. The molecule has 150 valence electrons. The van der Waals surface area contributed by atoms with Crippen LogP contribution in [0.1, 0.15) is 25.5 Å². The smallest absolute Gasteiger partial charge is 0.373 e. The van der Waals surface area contributed by atoms with Crippen LogP contribution in [-0.4, -0.2) is 42.0 Å². The molecule has 0 spiro atoms. The van der Waals surface area contributed by atoms with Gasteiger partial charge in [0.25, 0.3) is 11.4 Å². The Morgan fingerprint density at radius 2 is 1.77 bits per heavy atom. The Balaban J connectivity index is 2.83. The van der Waals surface area contributed by atoms with Crippen LogP contribution in [0.25, 0.3) is 0 Å². The number of aromatic nitrogens is 1. The molecule has 0 saturated heterocycles. The second kappa shape index (κ2) is 8.35. The van der Waals surface area contributed by atoms with Crippen molar-refractivity contribution in [1.82, 2.24) is 5.16 Å². The molecule has 0 aliphatic heterocycles. The maximum Gasteiger partial charge on any atom is 0.373 e. The van der Waals surface area contributed by atoms with E-state index < -0.39 is 53.6 Å². The molecule has 2 unspecified atom stereocenters. The standard InChI is InChI=1S/C13H14F7NO4S/c1-5(2)8(9(22)23-3)6-4-7(21-24-6)25-26-11(16)13(19,20)12(17,18)10(14)15/h4-5,8,10-11H,1-3H3.